The summed E-state index contributed by atoms with van der Waals surface area (Å²) in [7, 11) is 2.11. The SMILES string of the molecule is Cc1ccccc1-c1cccc(-c2n(-c3ccccc3)cc[n+]2C)c1C. The van der Waals surface area contributed by atoms with Crippen LogP contribution >= 0.6 is 0 Å². The van der Waals surface area contributed by atoms with Gasteiger partial charge in [-0.1, -0.05) is 54.6 Å². The highest BCUT2D eigenvalue weighted by atomic mass is 15.1. The summed E-state index contributed by atoms with van der Waals surface area (Å²) in [6.07, 6.45) is 4.24. The van der Waals surface area contributed by atoms with Gasteiger partial charge in [0.25, 0.3) is 5.82 Å². The van der Waals surface area contributed by atoms with E-state index in [9.17, 15) is 0 Å². The predicted octanol–water partition coefficient (Wildman–Crippen LogP) is 5.25. The zero-order valence-corrected chi connectivity index (χ0v) is 15.5. The first-order chi connectivity index (χ1) is 12.7. The summed E-state index contributed by atoms with van der Waals surface area (Å²) in [6.45, 7) is 4.40. The number of rotatable bonds is 3. The van der Waals surface area contributed by atoms with Gasteiger partial charge in [-0.15, -0.1) is 0 Å². The molecule has 1 aromatic heterocycles. The Morgan fingerprint density at radius 2 is 1.35 bits per heavy atom. The minimum atomic E-state index is 1.17. The molecule has 0 saturated carbocycles. The van der Waals surface area contributed by atoms with Crippen molar-refractivity contribution >= 4 is 0 Å². The third-order valence-corrected chi connectivity index (χ3v) is 5.05. The van der Waals surface area contributed by atoms with Gasteiger partial charge in [-0.25, -0.2) is 4.57 Å². The van der Waals surface area contributed by atoms with Crippen molar-refractivity contribution in [3.63, 3.8) is 0 Å². The maximum absolute atomic E-state index is 2.25. The zero-order chi connectivity index (χ0) is 18.1. The van der Waals surface area contributed by atoms with Crippen molar-refractivity contribution in [3.8, 4) is 28.2 Å². The molecule has 0 saturated heterocycles. The average Bonchev–Trinajstić information content (AvgIpc) is 3.05. The number of benzene rings is 3. The van der Waals surface area contributed by atoms with Crippen LogP contribution in [0.15, 0.2) is 85.2 Å². The van der Waals surface area contributed by atoms with Crippen LogP contribution in [0.5, 0.6) is 0 Å². The van der Waals surface area contributed by atoms with E-state index in [1.807, 2.05) is 0 Å². The van der Waals surface area contributed by atoms with E-state index in [-0.39, 0.29) is 0 Å². The maximum Gasteiger partial charge on any atom is 0.294 e. The Morgan fingerprint density at radius 3 is 2.12 bits per heavy atom. The summed E-state index contributed by atoms with van der Waals surface area (Å²) in [5.74, 6) is 1.18. The van der Waals surface area contributed by atoms with Gasteiger partial charge in [0.2, 0.25) is 0 Å². The van der Waals surface area contributed by atoms with Crippen LogP contribution in [-0.2, 0) is 7.05 Å². The third kappa shape index (κ3) is 2.74. The molecular weight excluding hydrogens is 316 g/mol. The average molecular weight is 339 g/mol. The molecule has 128 valence electrons. The van der Waals surface area contributed by atoms with Crippen molar-refractivity contribution in [2.24, 2.45) is 7.05 Å². The van der Waals surface area contributed by atoms with E-state index in [4.69, 9.17) is 0 Å². The number of imidazole rings is 1. The van der Waals surface area contributed by atoms with Gasteiger partial charge in [0.15, 0.2) is 0 Å². The molecule has 4 rings (SSSR count). The summed E-state index contributed by atoms with van der Waals surface area (Å²) < 4.78 is 4.45. The fourth-order valence-corrected chi connectivity index (χ4v) is 3.64. The Labute approximate surface area is 155 Å². The molecule has 26 heavy (non-hydrogen) atoms. The topological polar surface area (TPSA) is 8.81 Å². The molecule has 0 spiro atoms. The highest BCUT2D eigenvalue weighted by Gasteiger charge is 2.22. The van der Waals surface area contributed by atoms with E-state index in [1.54, 1.807) is 0 Å². The maximum atomic E-state index is 2.25. The predicted molar refractivity (Wildman–Crippen MR) is 107 cm³/mol. The van der Waals surface area contributed by atoms with Crippen LogP contribution < -0.4 is 4.57 Å². The molecule has 0 radical (unpaired) electrons. The highest BCUT2D eigenvalue weighted by Crippen LogP contribution is 2.32. The lowest BCUT2D eigenvalue weighted by molar-refractivity contribution is -0.659. The number of hydrogen-bond donors (Lipinski definition) is 0. The van der Waals surface area contributed by atoms with Gasteiger partial charge >= 0.3 is 0 Å². The van der Waals surface area contributed by atoms with Crippen molar-refractivity contribution in [2.45, 2.75) is 13.8 Å². The highest BCUT2D eigenvalue weighted by molar-refractivity contribution is 5.77. The Balaban J connectivity index is 1.93. The summed E-state index contributed by atoms with van der Waals surface area (Å²) in [4.78, 5) is 0. The summed E-state index contributed by atoms with van der Waals surface area (Å²) >= 11 is 0. The summed E-state index contributed by atoms with van der Waals surface area (Å²) in [5, 5.41) is 0. The molecule has 0 bridgehead atoms. The fourth-order valence-electron chi connectivity index (χ4n) is 3.64. The largest absolute Gasteiger partial charge is 0.294 e. The molecule has 0 amide bonds. The van der Waals surface area contributed by atoms with E-state index in [0.29, 0.717) is 0 Å². The van der Waals surface area contributed by atoms with E-state index >= 15 is 0 Å². The lowest BCUT2D eigenvalue weighted by Crippen LogP contribution is -2.29. The molecule has 0 atom stereocenters. The first-order valence-corrected chi connectivity index (χ1v) is 8.95. The molecule has 3 aromatic carbocycles. The minimum absolute atomic E-state index is 1.17. The number of hydrogen-bond acceptors (Lipinski definition) is 0. The van der Waals surface area contributed by atoms with Crippen molar-refractivity contribution in [3.05, 3.63) is 96.3 Å². The van der Waals surface area contributed by atoms with Gasteiger partial charge in [-0.3, -0.25) is 0 Å². The van der Waals surface area contributed by atoms with Crippen molar-refractivity contribution in [1.29, 1.82) is 0 Å². The zero-order valence-electron chi connectivity index (χ0n) is 15.5. The van der Waals surface area contributed by atoms with Crippen molar-refractivity contribution in [1.82, 2.24) is 4.57 Å². The van der Waals surface area contributed by atoms with Gasteiger partial charge in [0.1, 0.15) is 18.1 Å². The summed E-state index contributed by atoms with van der Waals surface area (Å²) in [6, 6.07) is 25.7. The standard InChI is InChI=1S/C24H23N2/c1-18-10-7-8-13-21(18)22-14-9-15-23(19(22)2)24-25(3)16-17-26(24)20-11-5-4-6-12-20/h4-17H,1-3H3/q+1. The van der Waals surface area contributed by atoms with Gasteiger partial charge in [0, 0.05) is 0 Å². The Kier molecular flexibility index (Phi) is 4.18. The second-order valence-electron chi connectivity index (χ2n) is 6.73. The van der Waals surface area contributed by atoms with Crippen molar-refractivity contribution < 1.29 is 4.57 Å². The Hall–Kier alpha value is -3.13. The molecule has 0 unspecified atom stereocenters. The van der Waals surface area contributed by atoms with Crippen LogP contribution in [-0.4, -0.2) is 4.57 Å². The van der Waals surface area contributed by atoms with E-state index in [0.717, 1.165) is 0 Å². The normalized spacial score (nSPS) is 10.9. The molecule has 2 heteroatoms. The molecular formula is C24H23N2+. The molecule has 0 aliphatic heterocycles. The van der Waals surface area contributed by atoms with E-state index < -0.39 is 0 Å². The molecule has 1 heterocycles. The van der Waals surface area contributed by atoms with Crippen molar-refractivity contribution in [2.75, 3.05) is 0 Å². The second-order valence-corrected chi connectivity index (χ2v) is 6.73. The van der Waals surface area contributed by atoms with Crippen LogP contribution in [0.25, 0.3) is 28.2 Å². The molecule has 0 fully saturated rings. The van der Waals surface area contributed by atoms with E-state index in [2.05, 4.69) is 115 Å². The van der Waals surface area contributed by atoms with Crippen LogP contribution in [0.2, 0.25) is 0 Å². The molecule has 0 aliphatic rings. The fraction of sp³-hybridized carbons (Fsp3) is 0.125. The van der Waals surface area contributed by atoms with Gasteiger partial charge in [0.05, 0.1) is 12.6 Å². The quantitative estimate of drug-likeness (QED) is 0.451. The first-order valence-electron chi connectivity index (χ1n) is 8.95. The lowest BCUT2D eigenvalue weighted by atomic mass is 9.93. The minimum Gasteiger partial charge on any atom is -0.232 e. The Bertz CT molecular complexity index is 1060. The summed E-state index contributed by atoms with van der Waals surface area (Å²) in [5.41, 5.74) is 7.61. The lowest BCUT2D eigenvalue weighted by Gasteiger charge is -2.13. The van der Waals surface area contributed by atoms with Crippen LogP contribution in [0.3, 0.4) is 0 Å². The number of aromatic nitrogens is 2. The Morgan fingerprint density at radius 1 is 0.692 bits per heavy atom. The second kappa shape index (κ2) is 6.64. The van der Waals surface area contributed by atoms with Gasteiger partial charge in [-0.2, -0.15) is 4.57 Å². The first kappa shape index (κ1) is 16.3. The van der Waals surface area contributed by atoms with E-state index in [1.165, 1.54) is 39.3 Å². The number of para-hydroxylation sites is 1. The van der Waals surface area contributed by atoms with Gasteiger partial charge < -0.3 is 0 Å². The molecule has 4 aromatic rings. The molecule has 0 N–H and O–H groups in total. The van der Waals surface area contributed by atoms with Crippen LogP contribution in [0.1, 0.15) is 11.1 Å². The van der Waals surface area contributed by atoms with Gasteiger partial charge in [-0.05, 0) is 54.3 Å². The van der Waals surface area contributed by atoms with Crippen LogP contribution in [0.4, 0.5) is 0 Å². The number of aryl methyl sites for hydroxylation is 2. The third-order valence-electron chi connectivity index (χ3n) is 5.05. The monoisotopic (exact) mass is 339 g/mol. The molecule has 2 nitrogen and oxygen atoms in total. The molecule has 0 aliphatic carbocycles. The smallest absolute Gasteiger partial charge is 0.232 e. The van der Waals surface area contributed by atoms with Crippen LogP contribution in [0, 0.1) is 13.8 Å². The number of nitrogens with zero attached hydrogens (tertiary/aromatic N) is 2.